The van der Waals surface area contributed by atoms with Gasteiger partial charge in [0, 0.05) is 0 Å². The predicted molar refractivity (Wildman–Crippen MR) is 97.8 cm³/mol. The molecule has 0 aliphatic heterocycles. The van der Waals surface area contributed by atoms with E-state index in [1.807, 2.05) is 32.0 Å². The molecule has 5 heteroatoms. The Morgan fingerprint density at radius 1 is 1.04 bits per heavy atom. The van der Waals surface area contributed by atoms with Crippen molar-refractivity contribution in [2.24, 2.45) is 0 Å². The molecule has 2 aromatic carbocycles. The van der Waals surface area contributed by atoms with Gasteiger partial charge in [-0.05, 0) is 42.7 Å². The molecular weight excluding hydrogens is 318 g/mol. The predicted octanol–water partition coefficient (Wildman–Crippen LogP) is 3.90. The first-order valence-electron chi connectivity index (χ1n) is 8.22. The standard InChI is InChI=1S/C20H25NO4/c1-6-16(14-10-11-17(23-3)13(2)12-14)21-20(22)15-8-7-9-18(24-4)19(15)25-5/h7-12,16H,6H2,1-5H3,(H,21,22)/t16-/m1/s1. The number of ether oxygens (including phenoxy) is 3. The molecule has 0 saturated heterocycles. The minimum atomic E-state index is -0.198. The number of nitrogens with one attached hydrogen (secondary N) is 1. The highest BCUT2D eigenvalue weighted by Crippen LogP contribution is 2.31. The maximum Gasteiger partial charge on any atom is 0.255 e. The summed E-state index contributed by atoms with van der Waals surface area (Å²) in [5.41, 5.74) is 2.52. The number of carbonyl (C=O) groups excluding carboxylic acids is 1. The average molecular weight is 343 g/mol. The molecule has 0 saturated carbocycles. The van der Waals surface area contributed by atoms with Crippen molar-refractivity contribution < 1.29 is 19.0 Å². The Morgan fingerprint density at radius 2 is 1.76 bits per heavy atom. The normalized spacial score (nSPS) is 11.6. The zero-order chi connectivity index (χ0) is 18.4. The van der Waals surface area contributed by atoms with Gasteiger partial charge in [-0.25, -0.2) is 0 Å². The quantitative estimate of drug-likeness (QED) is 0.828. The molecule has 0 heterocycles. The Morgan fingerprint density at radius 3 is 2.32 bits per heavy atom. The molecule has 0 aliphatic rings. The Labute approximate surface area is 148 Å². The maximum atomic E-state index is 12.8. The van der Waals surface area contributed by atoms with Crippen LogP contribution in [-0.4, -0.2) is 27.2 Å². The zero-order valence-electron chi connectivity index (χ0n) is 15.4. The van der Waals surface area contributed by atoms with Crippen molar-refractivity contribution in [1.82, 2.24) is 5.32 Å². The third kappa shape index (κ3) is 4.05. The van der Waals surface area contributed by atoms with Gasteiger partial charge in [-0.15, -0.1) is 0 Å². The Kier molecular flexibility index (Phi) is 6.28. The van der Waals surface area contributed by atoms with Crippen molar-refractivity contribution in [3.63, 3.8) is 0 Å². The van der Waals surface area contributed by atoms with E-state index >= 15 is 0 Å². The highest BCUT2D eigenvalue weighted by atomic mass is 16.5. The van der Waals surface area contributed by atoms with E-state index in [-0.39, 0.29) is 11.9 Å². The number of amides is 1. The molecule has 2 rings (SSSR count). The molecule has 0 aliphatic carbocycles. The molecule has 25 heavy (non-hydrogen) atoms. The van der Waals surface area contributed by atoms with Crippen LogP contribution in [-0.2, 0) is 0 Å². The molecule has 0 spiro atoms. The fourth-order valence-electron chi connectivity index (χ4n) is 2.84. The lowest BCUT2D eigenvalue weighted by atomic mass is 10.0. The van der Waals surface area contributed by atoms with Crippen molar-refractivity contribution in [1.29, 1.82) is 0 Å². The number of benzene rings is 2. The number of rotatable bonds is 7. The lowest BCUT2D eigenvalue weighted by molar-refractivity contribution is 0.0932. The van der Waals surface area contributed by atoms with Crippen LogP contribution in [0.2, 0.25) is 0 Å². The van der Waals surface area contributed by atoms with Crippen LogP contribution in [0.4, 0.5) is 0 Å². The fraction of sp³-hybridized carbons (Fsp3) is 0.350. The van der Waals surface area contributed by atoms with Crippen LogP contribution < -0.4 is 19.5 Å². The summed E-state index contributed by atoms with van der Waals surface area (Å²) in [5, 5.41) is 3.07. The summed E-state index contributed by atoms with van der Waals surface area (Å²) < 4.78 is 15.9. The van der Waals surface area contributed by atoms with E-state index in [1.54, 1.807) is 32.4 Å². The highest BCUT2D eigenvalue weighted by Gasteiger charge is 2.20. The van der Waals surface area contributed by atoms with Gasteiger partial charge in [0.05, 0.1) is 32.9 Å². The van der Waals surface area contributed by atoms with E-state index in [0.717, 1.165) is 23.3 Å². The van der Waals surface area contributed by atoms with Crippen molar-refractivity contribution in [2.45, 2.75) is 26.3 Å². The molecule has 1 amide bonds. The van der Waals surface area contributed by atoms with Gasteiger partial charge in [0.25, 0.3) is 5.91 Å². The molecule has 2 aromatic rings. The summed E-state index contributed by atoms with van der Waals surface area (Å²) in [6.07, 6.45) is 0.768. The van der Waals surface area contributed by atoms with Crippen LogP contribution in [0.1, 0.15) is 40.9 Å². The second-order valence-electron chi connectivity index (χ2n) is 5.70. The number of carbonyl (C=O) groups is 1. The molecule has 1 N–H and O–H groups in total. The van der Waals surface area contributed by atoms with Crippen molar-refractivity contribution in [3.8, 4) is 17.2 Å². The lowest BCUT2D eigenvalue weighted by Crippen LogP contribution is -2.28. The van der Waals surface area contributed by atoms with Gasteiger partial charge in [-0.3, -0.25) is 4.79 Å². The SMILES string of the molecule is CC[C@@H](NC(=O)c1cccc(OC)c1OC)c1ccc(OC)c(C)c1. The van der Waals surface area contributed by atoms with E-state index in [9.17, 15) is 4.79 Å². The van der Waals surface area contributed by atoms with Crippen molar-refractivity contribution >= 4 is 5.91 Å². The number of para-hydroxylation sites is 1. The highest BCUT2D eigenvalue weighted by molar-refractivity contribution is 5.98. The molecule has 0 radical (unpaired) electrons. The minimum Gasteiger partial charge on any atom is -0.496 e. The van der Waals surface area contributed by atoms with Crippen molar-refractivity contribution in [3.05, 3.63) is 53.1 Å². The summed E-state index contributed by atoms with van der Waals surface area (Å²) in [4.78, 5) is 12.8. The largest absolute Gasteiger partial charge is 0.496 e. The first-order chi connectivity index (χ1) is 12.0. The molecular formula is C20H25NO4. The molecule has 0 aromatic heterocycles. The molecule has 134 valence electrons. The second kappa shape index (κ2) is 8.42. The van der Waals surface area contributed by atoms with E-state index in [2.05, 4.69) is 5.32 Å². The van der Waals surface area contributed by atoms with Gasteiger partial charge < -0.3 is 19.5 Å². The van der Waals surface area contributed by atoms with Gasteiger partial charge in [-0.1, -0.05) is 25.1 Å². The smallest absolute Gasteiger partial charge is 0.255 e. The Hall–Kier alpha value is -2.69. The van der Waals surface area contributed by atoms with Crippen LogP contribution in [0.15, 0.2) is 36.4 Å². The summed E-state index contributed by atoms with van der Waals surface area (Å²) >= 11 is 0. The maximum absolute atomic E-state index is 12.8. The van der Waals surface area contributed by atoms with Gasteiger partial charge in [0.15, 0.2) is 11.5 Å². The molecule has 0 fully saturated rings. The Balaban J connectivity index is 2.27. The van der Waals surface area contributed by atoms with Gasteiger partial charge in [0.1, 0.15) is 5.75 Å². The third-order valence-corrected chi connectivity index (χ3v) is 4.18. The van der Waals surface area contributed by atoms with E-state index in [0.29, 0.717) is 17.1 Å². The summed E-state index contributed by atoms with van der Waals surface area (Å²) in [6, 6.07) is 11.1. The third-order valence-electron chi connectivity index (χ3n) is 4.18. The van der Waals surface area contributed by atoms with E-state index in [1.165, 1.54) is 7.11 Å². The van der Waals surface area contributed by atoms with Crippen LogP contribution in [0, 0.1) is 6.92 Å². The fourth-order valence-corrected chi connectivity index (χ4v) is 2.84. The lowest BCUT2D eigenvalue weighted by Gasteiger charge is -2.20. The van der Waals surface area contributed by atoms with Crippen LogP contribution in [0.5, 0.6) is 17.2 Å². The molecule has 0 unspecified atom stereocenters. The Bertz CT molecular complexity index is 742. The second-order valence-corrected chi connectivity index (χ2v) is 5.70. The minimum absolute atomic E-state index is 0.104. The van der Waals surface area contributed by atoms with Crippen LogP contribution in [0.25, 0.3) is 0 Å². The van der Waals surface area contributed by atoms with Gasteiger partial charge >= 0.3 is 0 Å². The number of methoxy groups -OCH3 is 3. The zero-order valence-corrected chi connectivity index (χ0v) is 15.4. The number of hydrogen-bond acceptors (Lipinski definition) is 4. The summed E-state index contributed by atoms with van der Waals surface area (Å²) in [7, 11) is 4.73. The molecule has 5 nitrogen and oxygen atoms in total. The number of aryl methyl sites for hydroxylation is 1. The van der Waals surface area contributed by atoms with Crippen LogP contribution in [0.3, 0.4) is 0 Å². The van der Waals surface area contributed by atoms with E-state index < -0.39 is 0 Å². The monoisotopic (exact) mass is 343 g/mol. The average Bonchev–Trinajstić information content (AvgIpc) is 2.64. The summed E-state index contributed by atoms with van der Waals surface area (Å²) in [5.74, 6) is 1.60. The molecule has 1 atom stereocenters. The topological polar surface area (TPSA) is 56.8 Å². The number of hydrogen-bond donors (Lipinski definition) is 1. The van der Waals surface area contributed by atoms with Gasteiger partial charge in [0.2, 0.25) is 0 Å². The first-order valence-corrected chi connectivity index (χ1v) is 8.22. The van der Waals surface area contributed by atoms with E-state index in [4.69, 9.17) is 14.2 Å². The van der Waals surface area contributed by atoms with Gasteiger partial charge in [-0.2, -0.15) is 0 Å². The van der Waals surface area contributed by atoms with Crippen LogP contribution >= 0.6 is 0 Å². The van der Waals surface area contributed by atoms with Crippen molar-refractivity contribution in [2.75, 3.05) is 21.3 Å². The first kappa shape index (κ1) is 18.6. The summed E-state index contributed by atoms with van der Waals surface area (Å²) in [6.45, 7) is 4.02. The molecule has 0 bridgehead atoms.